The van der Waals surface area contributed by atoms with Gasteiger partial charge in [-0.1, -0.05) is 0 Å². The van der Waals surface area contributed by atoms with Crippen LogP contribution in [0.2, 0.25) is 0 Å². The maximum atomic E-state index is 4.56. The van der Waals surface area contributed by atoms with E-state index >= 15 is 0 Å². The fourth-order valence-electron chi connectivity index (χ4n) is 2.65. The number of fused-ring (bicyclic) bond motifs is 1. The van der Waals surface area contributed by atoms with Crippen molar-refractivity contribution in [3.05, 3.63) is 6.33 Å². The van der Waals surface area contributed by atoms with E-state index in [-0.39, 0.29) is 0 Å². The number of aromatic amines is 1. The van der Waals surface area contributed by atoms with E-state index in [1.807, 2.05) is 6.92 Å². The Morgan fingerprint density at radius 1 is 1.45 bits per heavy atom. The molecule has 0 aliphatic carbocycles. The van der Waals surface area contributed by atoms with E-state index in [0.29, 0.717) is 17.6 Å². The second kappa shape index (κ2) is 5.62. The number of likely N-dealkylation sites (N-methyl/N-ethyl adjacent to an activating group) is 1. The van der Waals surface area contributed by atoms with Gasteiger partial charge in [-0.05, 0) is 33.4 Å². The fourth-order valence-corrected chi connectivity index (χ4v) is 2.65. The van der Waals surface area contributed by atoms with Gasteiger partial charge < -0.3 is 20.5 Å². The summed E-state index contributed by atoms with van der Waals surface area (Å²) < 4.78 is 0. The molecular weight excluding hydrogens is 254 g/mol. The number of nitrogens with zero attached hydrogens (tertiary/aromatic N) is 4. The van der Waals surface area contributed by atoms with E-state index in [0.717, 1.165) is 24.4 Å². The molecule has 0 amide bonds. The molecule has 3 heterocycles. The molecule has 1 saturated heterocycles. The number of piperidine rings is 1. The lowest BCUT2D eigenvalue weighted by molar-refractivity contribution is 0.261. The molecule has 2 aromatic heterocycles. The lowest BCUT2D eigenvalue weighted by atomic mass is 10.1. The molecule has 1 aliphatic rings. The molecule has 7 nitrogen and oxygen atoms in total. The van der Waals surface area contributed by atoms with Crippen molar-refractivity contribution in [1.82, 2.24) is 24.8 Å². The van der Waals surface area contributed by atoms with Crippen LogP contribution in [0, 0.1) is 0 Å². The molecule has 1 atom stereocenters. The summed E-state index contributed by atoms with van der Waals surface area (Å²) in [5.41, 5.74) is 1.57. The molecule has 0 bridgehead atoms. The molecule has 0 spiro atoms. The Kier molecular flexibility index (Phi) is 3.68. The van der Waals surface area contributed by atoms with Gasteiger partial charge in [0.05, 0.1) is 6.33 Å². The van der Waals surface area contributed by atoms with Gasteiger partial charge in [0.2, 0.25) is 5.95 Å². The van der Waals surface area contributed by atoms with E-state index in [1.54, 1.807) is 6.33 Å². The van der Waals surface area contributed by atoms with Crippen LogP contribution in [0.1, 0.15) is 19.8 Å². The zero-order valence-corrected chi connectivity index (χ0v) is 12.0. The Morgan fingerprint density at radius 2 is 2.35 bits per heavy atom. The van der Waals surface area contributed by atoms with Crippen LogP contribution in [0.3, 0.4) is 0 Å². The van der Waals surface area contributed by atoms with Crippen molar-refractivity contribution < 1.29 is 0 Å². The average Bonchev–Trinajstić information content (AvgIpc) is 2.87. The number of H-pyrrole nitrogens is 1. The van der Waals surface area contributed by atoms with Crippen LogP contribution in [-0.2, 0) is 0 Å². The predicted octanol–water partition coefficient (Wildman–Crippen LogP) is 1.29. The number of likely N-dealkylation sites (tertiary alicyclic amines) is 1. The average molecular weight is 275 g/mol. The van der Waals surface area contributed by atoms with Crippen molar-refractivity contribution in [2.24, 2.45) is 0 Å². The smallest absolute Gasteiger partial charge is 0.226 e. The second-order valence-corrected chi connectivity index (χ2v) is 5.27. The minimum Gasteiger partial charge on any atom is -0.364 e. The molecule has 3 N–H and O–H groups in total. The van der Waals surface area contributed by atoms with Crippen molar-refractivity contribution in [3.63, 3.8) is 0 Å². The van der Waals surface area contributed by atoms with Gasteiger partial charge in [0, 0.05) is 19.1 Å². The van der Waals surface area contributed by atoms with Crippen LogP contribution in [0.25, 0.3) is 11.2 Å². The van der Waals surface area contributed by atoms with Crippen LogP contribution in [0.4, 0.5) is 11.8 Å². The third-order valence-electron chi connectivity index (χ3n) is 3.59. The Balaban J connectivity index is 1.86. The summed E-state index contributed by atoms with van der Waals surface area (Å²) in [5.74, 6) is 1.46. The zero-order chi connectivity index (χ0) is 13.9. The van der Waals surface area contributed by atoms with Crippen molar-refractivity contribution in [1.29, 1.82) is 0 Å². The highest BCUT2D eigenvalue weighted by atomic mass is 15.2. The lowest BCUT2D eigenvalue weighted by Crippen LogP contribution is -2.40. The minimum absolute atomic E-state index is 0.421. The van der Waals surface area contributed by atoms with Gasteiger partial charge in [-0.15, -0.1) is 0 Å². The number of aromatic nitrogens is 4. The molecule has 0 radical (unpaired) electrons. The lowest BCUT2D eigenvalue weighted by Gasteiger charge is -2.30. The van der Waals surface area contributed by atoms with Gasteiger partial charge in [0.25, 0.3) is 0 Å². The van der Waals surface area contributed by atoms with Crippen LogP contribution in [-0.4, -0.2) is 57.6 Å². The Labute approximate surface area is 118 Å². The highest BCUT2D eigenvalue weighted by Crippen LogP contribution is 2.21. The van der Waals surface area contributed by atoms with E-state index in [1.165, 1.54) is 19.4 Å². The monoisotopic (exact) mass is 275 g/mol. The standard InChI is InChI=1S/C13H21N7/c1-3-14-13-18-11-10(15-8-16-11)12(19-13)17-9-5-4-6-20(2)7-9/h8-9H,3-7H2,1-2H3,(H3,14,15,16,17,18,19). The minimum atomic E-state index is 0.421. The molecule has 2 aromatic rings. The van der Waals surface area contributed by atoms with Gasteiger partial charge >= 0.3 is 0 Å². The zero-order valence-electron chi connectivity index (χ0n) is 12.0. The van der Waals surface area contributed by atoms with Crippen LogP contribution >= 0.6 is 0 Å². The topological polar surface area (TPSA) is 81.8 Å². The van der Waals surface area contributed by atoms with Crippen molar-refractivity contribution in [2.45, 2.75) is 25.8 Å². The summed E-state index contributed by atoms with van der Waals surface area (Å²) in [4.78, 5) is 18.6. The fraction of sp³-hybridized carbons (Fsp3) is 0.615. The number of anilines is 2. The largest absolute Gasteiger partial charge is 0.364 e. The van der Waals surface area contributed by atoms with Crippen LogP contribution < -0.4 is 10.6 Å². The second-order valence-electron chi connectivity index (χ2n) is 5.27. The first kappa shape index (κ1) is 13.1. The molecule has 1 unspecified atom stereocenters. The maximum absolute atomic E-state index is 4.56. The first-order valence-corrected chi connectivity index (χ1v) is 7.16. The summed E-state index contributed by atoms with van der Waals surface area (Å²) in [6, 6.07) is 0.421. The highest BCUT2D eigenvalue weighted by molar-refractivity contribution is 5.83. The van der Waals surface area contributed by atoms with E-state index in [2.05, 4.69) is 42.5 Å². The first-order chi connectivity index (χ1) is 9.76. The van der Waals surface area contributed by atoms with E-state index < -0.39 is 0 Å². The number of hydrogen-bond donors (Lipinski definition) is 3. The summed E-state index contributed by atoms with van der Waals surface area (Å²) in [6.45, 7) is 5.03. The number of imidazole rings is 1. The third kappa shape index (κ3) is 2.67. The van der Waals surface area contributed by atoms with E-state index in [9.17, 15) is 0 Å². The Hall–Kier alpha value is -1.89. The van der Waals surface area contributed by atoms with Gasteiger partial charge in [-0.25, -0.2) is 4.98 Å². The predicted molar refractivity (Wildman–Crippen MR) is 80.0 cm³/mol. The van der Waals surface area contributed by atoms with Crippen molar-refractivity contribution >= 4 is 22.9 Å². The van der Waals surface area contributed by atoms with Gasteiger partial charge in [0.1, 0.15) is 5.52 Å². The summed E-state index contributed by atoms with van der Waals surface area (Å²) in [5, 5.41) is 6.68. The van der Waals surface area contributed by atoms with Gasteiger partial charge in [-0.3, -0.25) is 0 Å². The Bertz CT molecular complexity index is 579. The maximum Gasteiger partial charge on any atom is 0.226 e. The Morgan fingerprint density at radius 3 is 3.15 bits per heavy atom. The third-order valence-corrected chi connectivity index (χ3v) is 3.59. The SMILES string of the molecule is CCNc1nc(NC2CCCN(C)C2)c2[nH]cnc2n1. The molecule has 20 heavy (non-hydrogen) atoms. The van der Waals surface area contributed by atoms with Gasteiger partial charge in [0.15, 0.2) is 11.5 Å². The number of nitrogens with one attached hydrogen (secondary N) is 3. The van der Waals surface area contributed by atoms with Gasteiger partial charge in [-0.2, -0.15) is 9.97 Å². The van der Waals surface area contributed by atoms with Crippen molar-refractivity contribution in [2.75, 3.05) is 37.3 Å². The molecule has 3 rings (SSSR count). The highest BCUT2D eigenvalue weighted by Gasteiger charge is 2.19. The molecule has 1 fully saturated rings. The van der Waals surface area contributed by atoms with Crippen LogP contribution in [0.5, 0.6) is 0 Å². The number of hydrogen-bond acceptors (Lipinski definition) is 6. The summed E-state index contributed by atoms with van der Waals surface area (Å²) in [6.07, 6.45) is 4.04. The normalized spacial score (nSPS) is 20.2. The molecule has 0 aromatic carbocycles. The van der Waals surface area contributed by atoms with E-state index in [4.69, 9.17) is 0 Å². The molecule has 0 saturated carbocycles. The summed E-state index contributed by atoms with van der Waals surface area (Å²) >= 11 is 0. The molecule has 108 valence electrons. The van der Waals surface area contributed by atoms with Crippen LogP contribution in [0.15, 0.2) is 6.33 Å². The summed E-state index contributed by atoms with van der Waals surface area (Å²) in [7, 11) is 2.16. The molecular formula is C13H21N7. The quantitative estimate of drug-likeness (QED) is 0.780. The first-order valence-electron chi connectivity index (χ1n) is 7.16. The number of rotatable bonds is 4. The molecule has 1 aliphatic heterocycles. The molecule has 7 heteroatoms. The van der Waals surface area contributed by atoms with Crippen molar-refractivity contribution in [3.8, 4) is 0 Å².